The van der Waals surface area contributed by atoms with Crippen LogP contribution in [0.15, 0.2) is 36.4 Å². The fraction of sp³-hybridized carbons (Fsp3) is 0.520. The lowest BCUT2D eigenvalue weighted by Gasteiger charge is -2.29. The van der Waals surface area contributed by atoms with Gasteiger partial charge in [0.25, 0.3) is 0 Å². The molecule has 3 rings (SSSR count). The molecule has 0 saturated carbocycles. The molecule has 0 bridgehead atoms. The van der Waals surface area contributed by atoms with Gasteiger partial charge in [-0.1, -0.05) is 49.7 Å². The van der Waals surface area contributed by atoms with Gasteiger partial charge in [-0.3, -0.25) is 24.1 Å². The third kappa shape index (κ3) is 6.02. The molecule has 1 saturated heterocycles. The highest BCUT2D eigenvalue weighted by atomic mass is 35.5. The first kappa shape index (κ1) is 25.0. The van der Waals surface area contributed by atoms with Crippen LogP contribution in [0.3, 0.4) is 0 Å². The van der Waals surface area contributed by atoms with Crippen molar-refractivity contribution < 1.29 is 19.2 Å². The van der Waals surface area contributed by atoms with Gasteiger partial charge in [0.2, 0.25) is 23.6 Å². The zero-order chi connectivity index (χ0) is 24.1. The summed E-state index contributed by atoms with van der Waals surface area (Å²) in [6, 6.07) is 6.39. The number of allylic oxidation sites excluding steroid dienone is 2. The van der Waals surface area contributed by atoms with E-state index in [9.17, 15) is 19.2 Å². The highest BCUT2D eigenvalue weighted by Gasteiger charge is 2.47. The SMILES string of the molecule is CC(C)CNC(=O)[C@@H](C)N(Cc1ccc(Cl)cc1)C(=O)CCN1C(=O)[C@H]2CC=CC[C@H]2C1=O. The number of fused-ring (bicyclic) bond motifs is 1. The third-order valence-corrected chi connectivity index (χ3v) is 6.52. The fourth-order valence-electron chi connectivity index (χ4n) is 4.26. The minimum atomic E-state index is -0.705. The molecule has 0 spiro atoms. The van der Waals surface area contributed by atoms with Gasteiger partial charge >= 0.3 is 0 Å². The number of amides is 4. The van der Waals surface area contributed by atoms with Crippen molar-refractivity contribution in [2.75, 3.05) is 13.1 Å². The van der Waals surface area contributed by atoms with Gasteiger partial charge in [0.15, 0.2) is 0 Å². The van der Waals surface area contributed by atoms with Crippen LogP contribution in [0.5, 0.6) is 0 Å². The van der Waals surface area contributed by atoms with E-state index in [0.717, 1.165) is 5.56 Å². The lowest BCUT2D eigenvalue weighted by molar-refractivity contribution is -0.143. The number of carbonyl (C=O) groups is 4. The summed E-state index contributed by atoms with van der Waals surface area (Å²) >= 11 is 5.98. The van der Waals surface area contributed by atoms with Gasteiger partial charge in [-0.05, 0) is 43.4 Å². The molecule has 1 aromatic rings. The Balaban J connectivity index is 1.70. The van der Waals surface area contributed by atoms with E-state index in [1.165, 1.54) is 9.80 Å². The zero-order valence-electron chi connectivity index (χ0n) is 19.4. The molecule has 1 heterocycles. The summed E-state index contributed by atoms with van der Waals surface area (Å²) in [4.78, 5) is 54.1. The topological polar surface area (TPSA) is 86.8 Å². The molecule has 1 N–H and O–H groups in total. The molecule has 0 radical (unpaired) electrons. The summed E-state index contributed by atoms with van der Waals surface area (Å²) in [5.74, 6) is -1.27. The summed E-state index contributed by atoms with van der Waals surface area (Å²) in [5.41, 5.74) is 0.835. The second-order valence-corrected chi connectivity index (χ2v) is 9.63. The number of rotatable bonds is 9. The number of imide groups is 1. The summed E-state index contributed by atoms with van der Waals surface area (Å²) < 4.78 is 0. The maximum Gasteiger partial charge on any atom is 0.242 e. The lowest BCUT2D eigenvalue weighted by Crippen LogP contribution is -2.49. The smallest absolute Gasteiger partial charge is 0.242 e. The van der Waals surface area contributed by atoms with Crippen molar-refractivity contribution in [3.63, 3.8) is 0 Å². The highest BCUT2D eigenvalue weighted by molar-refractivity contribution is 6.30. The Morgan fingerprint density at radius 1 is 1.06 bits per heavy atom. The maximum atomic E-state index is 13.2. The van der Waals surface area contributed by atoms with Gasteiger partial charge in [-0.2, -0.15) is 0 Å². The first-order chi connectivity index (χ1) is 15.7. The average molecular weight is 474 g/mol. The number of halogens is 1. The molecular weight excluding hydrogens is 442 g/mol. The molecule has 0 unspecified atom stereocenters. The number of carbonyl (C=O) groups excluding carboxylic acids is 4. The number of nitrogens with one attached hydrogen (secondary N) is 1. The van der Waals surface area contributed by atoms with Crippen LogP contribution in [0.2, 0.25) is 5.02 Å². The summed E-state index contributed by atoms with van der Waals surface area (Å²) in [7, 11) is 0. The van der Waals surface area contributed by atoms with Crippen LogP contribution in [0.4, 0.5) is 0 Å². The number of likely N-dealkylation sites (tertiary alicyclic amines) is 1. The Bertz CT molecular complexity index is 902. The van der Waals surface area contributed by atoms with Gasteiger partial charge in [-0.15, -0.1) is 0 Å². The molecule has 1 aliphatic carbocycles. The van der Waals surface area contributed by atoms with Crippen molar-refractivity contribution in [2.45, 2.75) is 52.6 Å². The van der Waals surface area contributed by atoms with Gasteiger partial charge in [0, 0.05) is 31.1 Å². The number of hydrogen-bond donors (Lipinski definition) is 1. The average Bonchev–Trinajstić information content (AvgIpc) is 3.04. The van der Waals surface area contributed by atoms with Gasteiger partial charge < -0.3 is 10.2 Å². The largest absolute Gasteiger partial charge is 0.354 e. The van der Waals surface area contributed by atoms with E-state index < -0.39 is 6.04 Å². The van der Waals surface area contributed by atoms with Crippen molar-refractivity contribution in [3.8, 4) is 0 Å². The Labute approximate surface area is 200 Å². The first-order valence-corrected chi connectivity index (χ1v) is 11.9. The minimum Gasteiger partial charge on any atom is -0.354 e. The van der Waals surface area contributed by atoms with Crippen LogP contribution in [0.25, 0.3) is 0 Å². The third-order valence-electron chi connectivity index (χ3n) is 6.27. The number of hydrogen-bond acceptors (Lipinski definition) is 4. The zero-order valence-corrected chi connectivity index (χ0v) is 20.2. The Hall–Kier alpha value is -2.67. The first-order valence-electron chi connectivity index (χ1n) is 11.5. The lowest BCUT2D eigenvalue weighted by atomic mass is 9.85. The van der Waals surface area contributed by atoms with Crippen molar-refractivity contribution in [1.29, 1.82) is 0 Å². The molecule has 4 amide bonds. The van der Waals surface area contributed by atoms with Crippen molar-refractivity contribution >= 4 is 35.2 Å². The van der Waals surface area contributed by atoms with Crippen LogP contribution in [-0.4, -0.2) is 52.6 Å². The molecule has 3 atom stereocenters. The monoisotopic (exact) mass is 473 g/mol. The molecule has 0 aromatic heterocycles. The van der Waals surface area contributed by atoms with E-state index >= 15 is 0 Å². The maximum absolute atomic E-state index is 13.2. The van der Waals surface area contributed by atoms with E-state index in [-0.39, 0.29) is 60.9 Å². The van der Waals surface area contributed by atoms with E-state index in [0.29, 0.717) is 24.4 Å². The van der Waals surface area contributed by atoms with Crippen molar-refractivity contribution in [3.05, 3.63) is 47.0 Å². The van der Waals surface area contributed by atoms with Gasteiger partial charge in [0.1, 0.15) is 6.04 Å². The van der Waals surface area contributed by atoms with Crippen molar-refractivity contribution in [2.24, 2.45) is 17.8 Å². The second-order valence-electron chi connectivity index (χ2n) is 9.20. The molecular formula is C25H32ClN3O4. The van der Waals surface area contributed by atoms with Gasteiger partial charge in [0.05, 0.1) is 11.8 Å². The van der Waals surface area contributed by atoms with Gasteiger partial charge in [-0.25, -0.2) is 0 Å². The Morgan fingerprint density at radius 3 is 2.18 bits per heavy atom. The Morgan fingerprint density at radius 2 is 1.64 bits per heavy atom. The summed E-state index contributed by atoms with van der Waals surface area (Å²) in [6.45, 7) is 6.46. The van der Waals surface area contributed by atoms with Crippen LogP contribution in [0.1, 0.15) is 45.6 Å². The summed E-state index contributed by atoms with van der Waals surface area (Å²) in [5, 5.41) is 3.46. The van der Waals surface area contributed by atoms with E-state index in [1.54, 1.807) is 19.1 Å². The van der Waals surface area contributed by atoms with Crippen LogP contribution >= 0.6 is 11.6 Å². The molecule has 1 fully saturated rings. The molecule has 178 valence electrons. The van der Waals surface area contributed by atoms with E-state index in [2.05, 4.69) is 5.32 Å². The predicted octanol–water partition coefficient (Wildman–Crippen LogP) is 3.17. The normalized spacial score (nSPS) is 20.7. The molecule has 33 heavy (non-hydrogen) atoms. The highest BCUT2D eigenvalue weighted by Crippen LogP contribution is 2.35. The molecule has 1 aliphatic heterocycles. The molecule has 8 heteroatoms. The molecule has 1 aromatic carbocycles. The number of benzene rings is 1. The van der Waals surface area contributed by atoms with Crippen LogP contribution < -0.4 is 5.32 Å². The van der Waals surface area contributed by atoms with Crippen LogP contribution in [-0.2, 0) is 25.7 Å². The minimum absolute atomic E-state index is 0.0280. The molecule has 2 aliphatic rings. The quantitative estimate of drug-likeness (QED) is 0.441. The van der Waals surface area contributed by atoms with E-state index in [1.807, 2.05) is 38.1 Å². The number of nitrogens with zero attached hydrogens (tertiary/aromatic N) is 2. The van der Waals surface area contributed by atoms with Crippen molar-refractivity contribution in [1.82, 2.24) is 15.1 Å². The van der Waals surface area contributed by atoms with E-state index in [4.69, 9.17) is 11.6 Å². The molecule has 7 nitrogen and oxygen atoms in total. The summed E-state index contributed by atoms with van der Waals surface area (Å²) in [6.07, 6.45) is 4.98. The van der Waals surface area contributed by atoms with Crippen LogP contribution in [0, 0.1) is 17.8 Å². The Kier molecular flexibility index (Phi) is 8.30. The second kappa shape index (κ2) is 11.0. The standard InChI is InChI=1S/C25H32ClN3O4/c1-16(2)14-27-23(31)17(3)29(15-18-8-10-19(26)11-9-18)22(30)12-13-28-24(32)20-6-4-5-7-21(20)25(28)33/h4-5,8-11,16-17,20-21H,6-7,12-15H2,1-3H3,(H,27,31)/t17-,20-,21+/m1/s1. The fourth-order valence-corrected chi connectivity index (χ4v) is 4.39. The predicted molar refractivity (Wildman–Crippen MR) is 126 cm³/mol.